The zero-order valence-corrected chi connectivity index (χ0v) is 11.1. The molecule has 2 N–H and O–H groups in total. The first-order chi connectivity index (χ1) is 8.62. The van der Waals surface area contributed by atoms with E-state index >= 15 is 0 Å². The molecule has 4 aliphatic rings. The number of nitrogens with two attached hydrogens (primary N) is 1. The first-order valence-corrected chi connectivity index (χ1v) is 7.27. The minimum Gasteiger partial charge on any atom is -0.368 e. The molecule has 1 aromatic rings. The third-order valence-electron chi connectivity index (χ3n) is 5.54. The van der Waals surface area contributed by atoms with Crippen LogP contribution in [0.15, 0.2) is 0 Å². The lowest BCUT2D eigenvalue weighted by Crippen LogP contribution is -2.47. The SMILES string of the molecule is Cn1nc(CC23CC4CC(CC(C4)C2)C3)nc1N. The van der Waals surface area contributed by atoms with Gasteiger partial charge in [0.15, 0.2) is 5.82 Å². The molecule has 0 radical (unpaired) electrons. The molecule has 4 heteroatoms. The van der Waals surface area contributed by atoms with E-state index in [1.54, 1.807) is 4.68 Å². The van der Waals surface area contributed by atoms with Gasteiger partial charge in [0.2, 0.25) is 5.95 Å². The summed E-state index contributed by atoms with van der Waals surface area (Å²) in [6.45, 7) is 0. The average molecular weight is 246 g/mol. The van der Waals surface area contributed by atoms with Gasteiger partial charge in [0.25, 0.3) is 0 Å². The standard InChI is InChI=1S/C14H22N4/c1-18-13(15)16-12(17-18)8-14-5-9-2-10(6-14)4-11(3-9)7-14/h9-11H,2-8H2,1H3,(H2,15,16,17). The second-order valence-corrected chi connectivity index (χ2v) is 7.10. The molecule has 4 aliphatic carbocycles. The van der Waals surface area contributed by atoms with Crippen molar-refractivity contribution >= 4 is 5.95 Å². The molecule has 1 heterocycles. The Balaban J connectivity index is 1.60. The summed E-state index contributed by atoms with van der Waals surface area (Å²) in [6, 6.07) is 0. The normalized spacial score (nSPS) is 41.5. The summed E-state index contributed by atoms with van der Waals surface area (Å²) in [5, 5.41) is 4.47. The summed E-state index contributed by atoms with van der Waals surface area (Å²) in [5.41, 5.74) is 6.31. The molecule has 1 aromatic heterocycles. The third-order valence-corrected chi connectivity index (χ3v) is 5.54. The van der Waals surface area contributed by atoms with Crippen molar-refractivity contribution in [2.45, 2.75) is 44.9 Å². The topological polar surface area (TPSA) is 56.7 Å². The minimum atomic E-state index is 0.516. The van der Waals surface area contributed by atoms with Crippen LogP contribution >= 0.6 is 0 Å². The van der Waals surface area contributed by atoms with Gasteiger partial charge in [-0.15, -0.1) is 0 Å². The Bertz CT molecular complexity index is 421. The van der Waals surface area contributed by atoms with Crippen LogP contribution in [0.5, 0.6) is 0 Å². The van der Waals surface area contributed by atoms with E-state index in [2.05, 4.69) is 10.1 Å². The Hall–Kier alpha value is -1.06. The molecule has 4 saturated carbocycles. The van der Waals surface area contributed by atoms with Gasteiger partial charge < -0.3 is 5.73 Å². The highest BCUT2D eigenvalue weighted by atomic mass is 15.4. The van der Waals surface area contributed by atoms with E-state index in [1.165, 1.54) is 38.5 Å². The first kappa shape index (κ1) is 10.8. The van der Waals surface area contributed by atoms with Crippen molar-refractivity contribution < 1.29 is 0 Å². The maximum Gasteiger partial charge on any atom is 0.218 e. The summed E-state index contributed by atoms with van der Waals surface area (Å²) < 4.78 is 1.70. The monoisotopic (exact) mass is 246 g/mol. The summed E-state index contributed by atoms with van der Waals surface area (Å²) in [7, 11) is 1.88. The number of aryl methyl sites for hydroxylation is 1. The van der Waals surface area contributed by atoms with Crippen molar-refractivity contribution in [2.24, 2.45) is 30.2 Å². The molecule has 4 bridgehead atoms. The summed E-state index contributed by atoms with van der Waals surface area (Å²) in [5.74, 6) is 4.51. The van der Waals surface area contributed by atoms with Crippen LogP contribution in [-0.2, 0) is 13.5 Å². The summed E-state index contributed by atoms with van der Waals surface area (Å²) in [6.07, 6.45) is 9.79. The number of hydrogen-bond donors (Lipinski definition) is 1. The largest absolute Gasteiger partial charge is 0.368 e. The maximum absolute atomic E-state index is 5.80. The van der Waals surface area contributed by atoms with Crippen molar-refractivity contribution in [1.82, 2.24) is 14.8 Å². The van der Waals surface area contributed by atoms with Crippen molar-refractivity contribution in [2.75, 3.05) is 5.73 Å². The molecule has 0 spiro atoms. The molecule has 4 fully saturated rings. The lowest BCUT2D eigenvalue weighted by atomic mass is 9.49. The van der Waals surface area contributed by atoms with E-state index in [1.807, 2.05) is 7.05 Å². The van der Waals surface area contributed by atoms with Gasteiger partial charge in [-0.3, -0.25) is 0 Å². The fourth-order valence-electron chi connectivity index (χ4n) is 5.37. The highest BCUT2D eigenvalue weighted by molar-refractivity contribution is 5.16. The third kappa shape index (κ3) is 1.57. The van der Waals surface area contributed by atoms with E-state index in [0.717, 1.165) is 30.0 Å². The van der Waals surface area contributed by atoms with Crippen LogP contribution in [0.3, 0.4) is 0 Å². The number of rotatable bonds is 2. The van der Waals surface area contributed by atoms with Gasteiger partial charge in [0.1, 0.15) is 0 Å². The Kier molecular flexibility index (Phi) is 2.10. The van der Waals surface area contributed by atoms with E-state index < -0.39 is 0 Å². The fraction of sp³-hybridized carbons (Fsp3) is 0.857. The quantitative estimate of drug-likeness (QED) is 0.870. The van der Waals surface area contributed by atoms with Gasteiger partial charge in [-0.1, -0.05) is 0 Å². The Labute approximate surface area is 108 Å². The van der Waals surface area contributed by atoms with Gasteiger partial charge in [0, 0.05) is 13.5 Å². The van der Waals surface area contributed by atoms with Crippen molar-refractivity contribution in [1.29, 1.82) is 0 Å². The van der Waals surface area contributed by atoms with Gasteiger partial charge >= 0.3 is 0 Å². The van der Waals surface area contributed by atoms with Crippen LogP contribution in [0, 0.1) is 23.2 Å². The molecular weight excluding hydrogens is 224 g/mol. The first-order valence-electron chi connectivity index (χ1n) is 7.27. The number of hydrogen-bond acceptors (Lipinski definition) is 3. The average Bonchev–Trinajstić information content (AvgIpc) is 2.54. The maximum atomic E-state index is 5.80. The van der Waals surface area contributed by atoms with Crippen LogP contribution in [0.1, 0.15) is 44.3 Å². The van der Waals surface area contributed by atoms with Crippen LogP contribution < -0.4 is 5.73 Å². The highest BCUT2D eigenvalue weighted by Crippen LogP contribution is 2.60. The summed E-state index contributed by atoms with van der Waals surface area (Å²) in [4.78, 5) is 4.42. The van der Waals surface area contributed by atoms with Crippen molar-refractivity contribution in [3.05, 3.63) is 5.82 Å². The van der Waals surface area contributed by atoms with Crippen LogP contribution in [0.25, 0.3) is 0 Å². The number of nitrogens with zero attached hydrogens (tertiary/aromatic N) is 3. The Morgan fingerprint density at radius 3 is 2.17 bits per heavy atom. The fourth-order valence-corrected chi connectivity index (χ4v) is 5.37. The number of anilines is 1. The smallest absolute Gasteiger partial charge is 0.218 e. The molecular formula is C14H22N4. The van der Waals surface area contributed by atoms with Gasteiger partial charge in [-0.2, -0.15) is 10.1 Å². The molecule has 0 unspecified atom stereocenters. The number of nitrogen functional groups attached to an aromatic ring is 1. The van der Waals surface area contributed by atoms with Crippen LogP contribution in [0.2, 0.25) is 0 Å². The van der Waals surface area contributed by atoms with E-state index in [4.69, 9.17) is 5.73 Å². The lowest BCUT2D eigenvalue weighted by molar-refractivity contribution is -0.0531. The van der Waals surface area contributed by atoms with Gasteiger partial charge in [0.05, 0.1) is 0 Å². The van der Waals surface area contributed by atoms with E-state index in [0.29, 0.717) is 11.4 Å². The lowest BCUT2D eigenvalue weighted by Gasteiger charge is -2.56. The zero-order valence-electron chi connectivity index (χ0n) is 11.1. The second-order valence-electron chi connectivity index (χ2n) is 7.10. The molecule has 4 nitrogen and oxygen atoms in total. The van der Waals surface area contributed by atoms with Gasteiger partial charge in [-0.05, 0) is 61.7 Å². The molecule has 0 saturated heterocycles. The van der Waals surface area contributed by atoms with E-state index in [9.17, 15) is 0 Å². The Morgan fingerprint density at radius 1 is 1.17 bits per heavy atom. The molecule has 0 aromatic carbocycles. The van der Waals surface area contributed by atoms with Crippen molar-refractivity contribution in [3.8, 4) is 0 Å². The minimum absolute atomic E-state index is 0.516. The van der Waals surface area contributed by atoms with Gasteiger partial charge in [-0.25, -0.2) is 4.68 Å². The molecule has 5 rings (SSSR count). The number of aromatic nitrogens is 3. The summed E-state index contributed by atoms with van der Waals surface area (Å²) >= 11 is 0. The highest BCUT2D eigenvalue weighted by Gasteiger charge is 2.51. The molecule has 98 valence electrons. The second kappa shape index (κ2) is 3.49. The van der Waals surface area contributed by atoms with E-state index in [-0.39, 0.29) is 0 Å². The predicted molar refractivity (Wildman–Crippen MR) is 69.7 cm³/mol. The molecule has 0 atom stereocenters. The molecule has 0 aliphatic heterocycles. The van der Waals surface area contributed by atoms with Crippen LogP contribution in [-0.4, -0.2) is 14.8 Å². The zero-order chi connectivity index (χ0) is 12.3. The molecule has 18 heavy (non-hydrogen) atoms. The van der Waals surface area contributed by atoms with Crippen molar-refractivity contribution in [3.63, 3.8) is 0 Å². The Morgan fingerprint density at radius 2 is 1.72 bits per heavy atom. The predicted octanol–water partition coefficient (Wildman–Crippen LogP) is 2.16. The molecule has 0 amide bonds. The van der Waals surface area contributed by atoms with Crippen LogP contribution in [0.4, 0.5) is 5.95 Å².